The lowest BCUT2D eigenvalue weighted by atomic mass is 9.94. The third-order valence-electron chi connectivity index (χ3n) is 4.52. The van der Waals surface area contributed by atoms with E-state index in [9.17, 15) is 5.11 Å². The summed E-state index contributed by atoms with van der Waals surface area (Å²) in [7, 11) is 0. The van der Waals surface area contributed by atoms with E-state index >= 15 is 0 Å². The molecule has 2 rings (SSSR count). The molecule has 4 N–H and O–H groups in total. The zero-order chi connectivity index (χ0) is 19.5. The first-order valence-electron chi connectivity index (χ1n) is 10.2. The number of H-pyrrole nitrogens is 1. The van der Waals surface area contributed by atoms with Crippen LogP contribution in [0, 0.1) is 11.8 Å². The van der Waals surface area contributed by atoms with Crippen LogP contribution in [0.25, 0.3) is 11.0 Å². The van der Waals surface area contributed by atoms with Crippen LogP contribution in [0.3, 0.4) is 0 Å². The van der Waals surface area contributed by atoms with Gasteiger partial charge in [0.05, 0.1) is 11.0 Å². The van der Waals surface area contributed by atoms with Gasteiger partial charge in [0.15, 0.2) is 5.96 Å². The van der Waals surface area contributed by atoms with Gasteiger partial charge in [-0.05, 0) is 50.2 Å². The van der Waals surface area contributed by atoms with Crippen LogP contribution in [0.2, 0.25) is 0 Å². The van der Waals surface area contributed by atoms with Gasteiger partial charge in [-0.15, -0.1) is 0 Å². The average molecular weight is 374 g/mol. The van der Waals surface area contributed by atoms with E-state index in [0.717, 1.165) is 68.1 Å². The first kappa shape index (κ1) is 21.2. The van der Waals surface area contributed by atoms with Crippen molar-refractivity contribution in [1.29, 1.82) is 0 Å². The van der Waals surface area contributed by atoms with Gasteiger partial charge in [0.1, 0.15) is 5.82 Å². The minimum atomic E-state index is 0.231. The fraction of sp³-hybridized carbons (Fsp3) is 0.619. The van der Waals surface area contributed by atoms with Gasteiger partial charge in [-0.1, -0.05) is 26.0 Å². The molecule has 6 nitrogen and oxygen atoms in total. The molecule has 1 aromatic heterocycles. The van der Waals surface area contributed by atoms with Crippen molar-refractivity contribution in [2.24, 2.45) is 16.8 Å². The molecule has 0 spiro atoms. The Balaban J connectivity index is 1.80. The number of guanidine groups is 1. The van der Waals surface area contributed by atoms with Crippen molar-refractivity contribution in [2.45, 2.75) is 46.5 Å². The smallest absolute Gasteiger partial charge is 0.191 e. The van der Waals surface area contributed by atoms with Crippen LogP contribution in [-0.2, 0) is 6.42 Å². The Labute approximate surface area is 162 Å². The molecule has 2 aromatic rings. The number of aliphatic imine (C=N–C) groups is 1. The van der Waals surface area contributed by atoms with E-state index in [0.29, 0.717) is 11.8 Å². The first-order valence-corrected chi connectivity index (χ1v) is 10.2. The number of aliphatic hydroxyl groups is 1. The Bertz CT molecular complexity index is 662. The van der Waals surface area contributed by atoms with Gasteiger partial charge >= 0.3 is 0 Å². The lowest BCUT2D eigenvalue weighted by molar-refractivity contribution is 0.245. The molecule has 0 aliphatic carbocycles. The Kier molecular flexibility index (Phi) is 9.11. The van der Waals surface area contributed by atoms with Gasteiger partial charge in [0, 0.05) is 32.7 Å². The third-order valence-corrected chi connectivity index (χ3v) is 4.52. The molecular weight excluding hydrogens is 338 g/mol. The van der Waals surface area contributed by atoms with E-state index < -0.39 is 0 Å². The lowest BCUT2D eigenvalue weighted by Gasteiger charge is -2.17. The summed E-state index contributed by atoms with van der Waals surface area (Å²) in [5, 5.41) is 16.0. The van der Waals surface area contributed by atoms with Crippen LogP contribution in [0.4, 0.5) is 0 Å². The molecule has 0 saturated carbocycles. The highest BCUT2D eigenvalue weighted by atomic mass is 16.3. The summed E-state index contributed by atoms with van der Waals surface area (Å²) in [5.74, 6) is 2.94. The number of aliphatic hydroxyl groups excluding tert-OH is 1. The number of nitrogens with zero attached hydrogens (tertiary/aromatic N) is 2. The zero-order valence-electron chi connectivity index (χ0n) is 17.0. The number of aromatic amines is 1. The van der Waals surface area contributed by atoms with Crippen LogP contribution >= 0.6 is 0 Å². The second kappa shape index (κ2) is 11.6. The number of benzene rings is 1. The SMILES string of the molecule is CCNC(=NCC(CCO)CC(C)C)NCCCc1nc2ccccc2[nH]1. The van der Waals surface area contributed by atoms with Crippen molar-refractivity contribution in [1.82, 2.24) is 20.6 Å². The molecule has 1 atom stereocenters. The highest BCUT2D eigenvalue weighted by Gasteiger charge is 2.10. The van der Waals surface area contributed by atoms with Gasteiger partial charge in [-0.25, -0.2) is 4.98 Å². The van der Waals surface area contributed by atoms with E-state index in [-0.39, 0.29) is 6.61 Å². The molecular formula is C21H35N5O. The number of nitrogens with one attached hydrogen (secondary N) is 3. The van der Waals surface area contributed by atoms with E-state index in [1.165, 1.54) is 0 Å². The Hall–Kier alpha value is -2.08. The molecule has 0 amide bonds. The summed E-state index contributed by atoms with van der Waals surface area (Å²) in [6.07, 6.45) is 3.79. The van der Waals surface area contributed by atoms with E-state index in [1.807, 2.05) is 18.2 Å². The first-order chi connectivity index (χ1) is 13.1. The average Bonchev–Trinajstić information content (AvgIpc) is 3.05. The number of para-hydroxylation sites is 2. The molecule has 0 bridgehead atoms. The summed E-state index contributed by atoms with van der Waals surface area (Å²) < 4.78 is 0. The molecule has 6 heteroatoms. The molecule has 0 fully saturated rings. The maximum Gasteiger partial charge on any atom is 0.191 e. The summed E-state index contributed by atoms with van der Waals surface area (Å²) in [6.45, 7) is 9.17. The quantitative estimate of drug-likeness (QED) is 0.277. The Morgan fingerprint density at radius 2 is 2.07 bits per heavy atom. The summed E-state index contributed by atoms with van der Waals surface area (Å²) >= 11 is 0. The van der Waals surface area contributed by atoms with Crippen molar-refractivity contribution in [3.05, 3.63) is 30.1 Å². The minimum Gasteiger partial charge on any atom is -0.396 e. The fourth-order valence-electron chi connectivity index (χ4n) is 3.28. The van der Waals surface area contributed by atoms with Crippen molar-refractivity contribution < 1.29 is 5.11 Å². The maximum atomic E-state index is 9.26. The van der Waals surface area contributed by atoms with E-state index in [1.54, 1.807) is 0 Å². The minimum absolute atomic E-state index is 0.231. The number of hydrogen-bond donors (Lipinski definition) is 4. The van der Waals surface area contributed by atoms with Gasteiger partial charge in [0.25, 0.3) is 0 Å². The molecule has 27 heavy (non-hydrogen) atoms. The molecule has 0 radical (unpaired) electrons. The standard InChI is InChI=1S/C21H35N5O/c1-4-22-21(24-15-17(11-13-27)14-16(2)3)23-12-7-10-20-25-18-8-5-6-9-19(18)26-20/h5-6,8-9,16-17,27H,4,7,10-15H2,1-3H3,(H,25,26)(H2,22,23,24). The predicted octanol–water partition coefficient (Wildman–Crippen LogP) is 3.10. The van der Waals surface area contributed by atoms with Crippen molar-refractivity contribution in [2.75, 3.05) is 26.2 Å². The number of hydrogen-bond acceptors (Lipinski definition) is 3. The van der Waals surface area contributed by atoms with Gasteiger partial charge < -0.3 is 20.7 Å². The topological polar surface area (TPSA) is 85.3 Å². The predicted molar refractivity (Wildman–Crippen MR) is 113 cm³/mol. The number of aromatic nitrogens is 2. The summed E-state index contributed by atoms with van der Waals surface area (Å²) in [4.78, 5) is 12.7. The summed E-state index contributed by atoms with van der Waals surface area (Å²) in [5.41, 5.74) is 2.12. The van der Waals surface area contributed by atoms with Crippen molar-refractivity contribution in [3.8, 4) is 0 Å². The number of imidazole rings is 1. The second-order valence-electron chi connectivity index (χ2n) is 7.46. The molecule has 150 valence electrons. The largest absolute Gasteiger partial charge is 0.396 e. The third kappa shape index (κ3) is 7.59. The molecule has 1 unspecified atom stereocenters. The number of fused-ring (bicyclic) bond motifs is 1. The highest BCUT2D eigenvalue weighted by molar-refractivity contribution is 5.79. The van der Waals surface area contributed by atoms with Crippen LogP contribution in [0.5, 0.6) is 0 Å². The van der Waals surface area contributed by atoms with Crippen molar-refractivity contribution >= 4 is 17.0 Å². The number of aryl methyl sites for hydroxylation is 1. The fourth-order valence-corrected chi connectivity index (χ4v) is 3.28. The number of rotatable bonds is 11. The van der Waals surface area contributed by atoms with Crippen LogP contribution < -0.4 is 10.6 Å². The van der Waals surface area contributed by atoms with E-state index in [4.69, 9.17) is 4.99 Å². The van der Waals surface area contributed by atoms with Gasteiger partial charge in [0.2, 0.25) is 0 Å². The van der Waals surface area contributed by atoms with Crippen LogP contribution in [0.15, 0.2) is 29.3 Å². The summed E-state index contributed by atoms with van der Waals surface area (Å²) in [6, 6.07) is 8.12. The molecule has 0 aliphatic rings. The van der Waals surface area contributed by atoms with Crippen LogP contribution in [0.1, 0.15) is 45.9 Å². The molecule has 1 aromatic carbocycles. The maximum absolute atomic E-state index is 9.26. The van der Waals surface area contributed by atoms with Gasteiger partial charge in [-0.3, -0.25) is 4.99 Å². The Morgan fingerprint density at radius 1 is 1.26 bits per heavy atom. The normalized spacial score (nSPS) is 13.3. The zero-order valence-corrected chi connectivity index (χ0v) is 17.0. The van der Waals surface area contributed by atoms with Gasteiger partial charge in [-0.2, -0.15) is 0 Å². The lowest BCUT2D eigenvalue weighted by Crippen LogP contribution is -2.38. The second-order valence-corrected chi connectivity index (χ2v) is 7.46. The molecule has 1 heterocycles. The highest BCUT2D eigenvalue weighted by Crippen LogP contribution is 2.15. The molecule has 0 aliphatic heterocycles. The van der Waals surface area contributed by atoms with Crippen LogP contribution in [-0.4, -0.2) is 47.3 Å². The van der Waals surface area contributed by atoms with Crippen molar-refractivity contribution in [3.63, 3.8) is 0 Å². The van der Waals surface area contributed by atoms with E-state index in [2.05, 4.69) is 47.4 Å². The monoisotopic (exact) mass is 373 g/mol. The Morgan fingerprint density at radius 3 is 2.78 bits per heavy atom. The molecule has 0 saturated heterocycles.